The first-order chi connectivity index (χ1) is 6.19. The number of halogens is 2. The van der Waals surface area contributed by atoms with Crippen molar-refractivity contribution in [2.24, 2.45) is 0 Å². The van der Waals surface area contributed by atoms with Crippen molar-refractivity contribution in [2.45, 2.75) is 6.10 Å². The molecule has 0 aliphatic carbocycles. The van der Waals surface area contributed by atoms with Gasteiger partial charge < -0.3 is 5.11 Å². The number of alkyl halides is 1. The van der Waals surface area contributed by atoms with E-state index in [1.54, 1.807) is 6.07 Å². The fourth-order valence-corrected chi connectivity index (χ4v) is 1.12. The van der Waals surface area contributed by atoms with Gasteiger partial charge in [-0.15, -0.1) is 11.6 Å². The SMILES string of the molecule is N#Cc1ccc([C@H](O)CCl)c(F)c1. The lowest BCUT2D eigenvalue weighted by molar-refractivity contribution is 0.197. The summed E-state index contributed by atoms with van der Waals surface area (Å²) in [6.07, 6.45) is -1.02. The standard InChI is InChI=1S/C9H7ClFNO/c10-4-9(13)7-2-1-6(5-12)3-8(7)11/h1-3,9,13H,4H2/t9-/m1/s1. The molecule has 1 rings (SSSR count). The Morgan fingerprint density at radius 1 is 1.62 bits per heavy atom. The molecule has 4 heteroatoms. The number of hydrogen-bond acceptors (Lipinski definition) is 2. The predicted octanol–water partition coefficient (Wildman–Crippen LogP) is 1.97. The molecule has 0 radical (unpaired) electrons. The van der Waals surface area contributed by atoms with Gasteiger partial charge in [-0.3, -0.25) is 0 Å². The molecule has 1 N–H and O–H groups in total. The Hall–Kier alpha value is -1.11. The number of rotatable bonds is 2. The minimum Gasteiger partial charge on any atom is -0.387 e. The lowest BCUT2D eigenvalue weighted by Crippen LogP contribution is -2.01. The van der Waals surface area contributed by atoms with Crippen molar-refractivity contribution in [1.29, 1.82) is 5.26 Å². The average molecular weight is 200 g/mol. The number of hydrogen-bond donors (Lipinski definition) is 1. The second-order valence-electron chi connectivity index (χ2n) is 2.52. The van der Waals surface area contributed by atoms with Crippen molar-refractivity contribution in [1.82, 2.24) is 0 Å². The van der Waals surface area contributed by atoms with Crippen LogP contribution in [0.1, 0.15) is 17.2 Å². The highest BCUT2D eigenvalue weighted by atomic mass is 35.5. The lowest BCUT2D eigenvalue weighted by Gasteiger charge is -2.07. The molecular formula is C9H7ClFNO. The van der Waals surface area contributed by atoms with Gasteiger partial charge in [-0.05, 0) is 12.1 Å². The summed E-state index contributed by atoms with van der Waals surface area (Å²) >= 11 is 5.35. The van der Waals surface area contributed by atoms with Crippen LogP contribution in [-0.2, 0) is 0 Å². The van der Waals surface area contributed by atoms with Crippen LogP contribution < -0.4 is 0 Å². The van der Waals surface area contributed by atoms with Gasteiger partial charge in [-0.2, -0.15) is 5.26 Å². The summed E-state index contributed by atoms with van der Waals surface area (Å²) in [5, 5.41) is 17.7. The van der Waals surface area contributed by atoms with Gasteiger partial charge in [-0.25, -0.2) is 4.39 Å². The fourth-order valence-electron chi connectivity index (χ4n) is 0.950. The van der Waals surface area contributed by atoms with E-state index in [9.17, 15) is 9.50 Å². The minimum absolute atomic E-state index is 0.0666. The van der Waals surface area contributed by atoms with Crippen LogP contribution in [0.2, 0.25) is 0 Å². The summed E-state index contributed by atoms with van der Waals surface area (Å²) in [5.74, 6) is -0.671. The summed E-state index contributed by atoms with van der Waals surface area (Å²) in [6, 6.07) is 5.67. The Balaban J connectivity index is 3.07. The van der Waals surface area contributed by atoms with Gasteiger partial charge in [0.05, 0.1) is 23.6 Å². The van der Waals surface area contributed by atoms with Crippen LogP contribution >= 0.6 is 11.6 Å². The highest BCUT2D eigenvalue weighted by molar-refractivity contribution is 6.18. The van der Waals surface area contributed by atoms with E-state index in [0.29, 0.717) is 0 Å². The molecule has 0 saturated heterocycles. The molecule has 0 bridgehead atoms. The smallest absolute Gasteiger partial charge is 0.130 e. The number of nitriles is 1. The molecule has 68 valence electrons. The van der Waals surface area contributed by atoms with Crippen LogP contribution in [0.25, 0.3) is 0 Å². The maximum Gasteiger partial charge on any atom is 0.130 e. The molecule has 0 aliphatic heterocycles. The summed E-state index contributed by atoms with van der Waals surface area (Å²) < 4.78 is 13.1. The predicted molar refractivity (Wildman–Crippen MR) is 46.8 cm³/mol. The maximum absolute atomic E-state index is 13.1. The monoisotopic (exact) mass is 199 g/mol. The normalized spacial score (nSPS) is 12.2. The maximum atomic E-state index is 13.1. The quantitative estimate of drug-likeness (QED) is 0.741. The highest BCUT2D eigenvalue weighted by Crippen LogP contribution is 2.18. The Bertz CT molecular complexity index is 348. The second-order valence-corrected chi connectivity index (χ2v) is 2.83. The zero-order valence-corrected chi connectivity index (χ0v) is 7.42. The lowest BCUT2D eigenvalue weighted by atomic mass is 10.1. The molecule has 0 aromatic heterocycles. The van der Waals surface area contributed by atoms with E-state index in [1.807, 2.05) is 0 Å². The van der Waals surface area contributed by atoms with Crippen LogP contribution in [-0.4, -0.2) is 11.0 Å². The third-order valence-corrected chi connectivity index (χ3v) is 1.93. The molecule has 0 aliphatic rings. The van der Waals surface area contributed by atoms with Gasteiger partial charge in [0, 0.05) is 5.56 Å². The average Bonchev–Trinajstić information content (AvgIpc) is 2.16. The Morgan fingerprint density at radius 3 is 2.77 bits per heavy atom. The van der Waals surface area contributed by atoms with E-state index in [4.69, 9.17) is 16.9 Å². The molecule has 1 aromatic rings. The first-order valence-corrected chi connectivity index (χ1v) is 4.16. The number of aliphatic hydroxyl groups excluding tert-OH is 1. The van der Waals surface area contributed by atoms with Crippen LogP contribution in [0, 0.1) is 17.1 Å². The zero-order chi connectivity index (χ0) is 9.84. The number of aliphatic hydroxyl groups is 1. The first kappa shape index (κ1) is 9.97. The van der Waals surface area contributed by atoms with Crippen molar-refractivity contribution in [3.05, 3.63) is 35.1 Å². The van der Waals surface area contributed by atoms with E-state index in [0.717, 1.165) is 6.07 Å². The van der Waals surface area contributed by atoms with Crippen LogP contribution in [0.3, 0.4) is 0 Å². The van der Waals surface area contributed by atoms with E-state index < -0.39 is 11.9 Å². The molecule has 0 unspecified atom stereocenters. The van der Waals surface area contributed by atoms with E-state index in [-0.39, 0.29) is 17.0 Å². The molecule has 1 aromatic carbocycles. The van der Waals surface area contributed by atoms with Crippen LogP contribution in [0.4, 0.5) is 4.39 Å². The molecule has 0 fully saturated rings. The van der Waals surface area contributed by atoms with Gasteiger partial charge >= 0.3 is 0 Å². The fraction of sp³-hybridized carbons (Fsp3) is 0.222. The molecule has 2 nitrogen and oxygen atoms in total. The molecule has 1 atom stereocenters. The second kappa shape index (κ2) is 4.22. The van der Waals surface area contributed by atoms with Gasteiger partial charge in [0.25, 0.3) is 0 Å². The van der Waals surface area contributed by atoms with Crippen molar-refractivity contribution in [2.75, 3.05) is 5.88 Å². The Labute approximate surface area is 80.2 Å². The first-order valence-electron chi connectivity index (χ1n) is 3.62. The third kappa shape index (κ3) is 2.18. The molecule has 0 spiro atoms. The largest absolute Gasteiger partial charge is 0.387 e. The third-order valence-electron chi connectivity index (χ3n) is 1.63. The number of benzene rings is 1. The van der Waals surface area contributed by atoms with Gasteiger partial charge in [0.2, 0.25) is 0 Å². The molecule has 0 heterocycles. The van der Waals surface area contributed by atoms with Crippen LogP contribution in [0.5, 0.6) is 0 Å². The Kier molecular flexibility index (Phi) is 3.24. The van der Waals surface area contributed by atoms with Crippen molar-refractivity contribution < 1.29 is 9.50 Å². The van der Waals surface area contributed by atoms with E-state index in [2.05, 4.69) is 0 Å². The van der Waals surface area contributed by atoms with Crippen molar-refractivity contribution in [3.8, 4) is 6.07 Å². The molecule has 13 heavy (non-hydrogen) atoms. The summed E-state index contributed by atoms with van der Waals surface area (Å²) in [7, 11) is 0. The van der Waals surface area contributed by atoms with Gasteiger partial charge in [0.15, 0.2) is 0 Å². The molecule has 0 saturated carbocycles. The zero-order valence-electron chi connectivity index (χ0n) is 6.67. The van der Waals surface area contributed by atoms with Gasteiger partial charge in [-0.1, -0.05) is 6.07 Å². The molecule has 0 amide bonds. The number of nitrogens with zero attached hydrogens (tertiary/aromatic N) is 1. The molecular weight excluding hydrogens is 193 g/mol. The topological polar surface area (TPSA) is 44.0 Å². The minimum atomic E-state index is -1.02. The van der Waals surface area contributed by atoms with E-state index in [1.165, 1.54) is 12.1 Å². The highest BCUT2D eigenvalue weighted by Gasteiger charge is 2.11. The van der Waals surface area contributed by atoms with Gasteiger partial charge in [0.1, 0.15) is 5.82 Å². The summed E-state index contributed by atoms with van der Waals surface area (Å²) in [4.78, 5) is 0. The van der Waals surface area contributed by atoms with Crippen molar-refractivity contribution >= 4 is 11.6 Å². The van der Waals surface area contributed by atoms with Crippen LogP contribution in [0.15, 0.2) is 18.2 Å². The summed E-state index contributed by atoms with van der Waals surface area (Å²) in [6.45, 7) is 0. The van der Waals surface area contributed by atoms with Crippen molar-refractivity contribution in [3.63, 3.8) is 0 Å². The summed E-state index contributed by atoms with van der Waals surface area (Å²) in [5.41, 5.74) is 0.344. The Morgan fingerprint density at radius 2 is 2.31 bits per heavy atom. The van der Waals surface area contributed by atoms with E-state index >= 15 is 0 Å².